The number of halogens is 2. The minimum atomic E-state index is -1.06. The Balaban J connectivity index is 1.31. The van der Waals surface area contributed by atoms with Crippen molar-refractivity contribution in [2.75, 3.05) is 0 Å². The first kappa shape index (κ1) is 29.7. The summed E-state index contributed by atoms with van der Waals surface area (Å²) in [6.45, 7) is 6.47. The van der Waals surface area contributed by atoms with Crippen molar-refractivity contribution in [3.63, 3.8) is 0 Å². The summed E-state index contributed by atoms with van der Waals surface area (Å²) in [5.41, 5.74) is 3.51. The number of hydrogen-bond acceptors (Lipinski definition) is 4. The SMILES string of the molecule is CC(C)(C)c1ccc(Oc2ccc3cc(C(=O)NC(CC(=O)O)c4ccc(-c5ccc(F)c(Cl)c5)cc4)ncc3c2)cc1. The summed E-state index contributed by atoms with van der Waals surface area (Å²) in [7, 11) is 0. The van der Waals surface area contributed by atoms with Gasteiger partial charge in [-0.2, -0.15) is 0 Å². The van der Waals surface area contributed by atoms with Crippen LogP contribution in [-0.2, 0) is 10.2 Å². The zero-order valence-corrected chi connectivity index (χ0v) is 24.7. The molecule has 1 amide bonds. The molecule has 6 nitrogen and oxygen atoms in total. The highest BCUT2D eigenvalue weighted by Crippen LogP contribution is 2.30. The number of carbonyl (C=O) groups is 2. The molecule has 0 aliphatic rings. The Bertz CT molecular complexity index is 1800. The van der Waals surface area contributed by atoms with Crippen LogP contribution in [0.4, 0.5) is 4.39 Å². The molecule has 1 unspecified atom stereocenters. The van der Waals surface area contributed by atoms with Gasteiger partial charge in [0.15, 0.2) is 0 Å². The fourth-order valence-corrected chi connectivity index (χ4v) is 4.89. The highest BCUT2D eigenvalue weighted by Gasteiger charge is 2.20. The van der Waals surface area contributed by atoms with E-state index in [4.69, 9.17) is 16.3 Å². The lowest BCUT2D eigenvalue weighted by Crippen LogP contribution is -2.30. The number of ether oxygens (including phenoxy) is 1. The van der Waals surface area contributed by atoms with Crippen molar-refractivity contribution in [1.82, 2.24) is 10.3 Å². The molecule has 218 valence electrons. The van der Waals surface area contributed by atoms with Crippen LogP contribution in [0.2, 0.25) is 5.02 Å². The number of fused-ring (bicyclic) bond motifs is 1. The first-order chi connectivity index (χ1) is 20.5. The summed E-state index contributed by atoms with van der Waals surface area (Å²) in [6.07, 6.45) is 1.27. The molecule has 2 N–H and O–H groups in total. The fourth-order valence-electron chi connectivity index (χ4n) is 4.71. The Morgan fingerprint density at radius 2 is 1.56 bits per heavy atom. The van der Waals surface area contributed by atoms with Gasteiger partial charge in [0.05, 0.1) is 17.5 Å². The molecular weight excluding hydrogens is 567 g/mol. The van der Waals surface area contributed by atoms with E-state index in [2.05, 4.69) is 43.2 Å². The quantitative estimate of drug-likeness (QED) is 0.187. The molecule has 0 aliphatic carbocycles. The van der Waals surface area contributed by atoms with Crippen molar-refractivity contribution < 1.29 is 23.8 Å². The zero-order chi connectivity index (χ0) is 30.7. The summed E-state index contributed by atoms with van der Waals surface area (Å²) in [6, 6.07) is 25.8. The number of amides is 1. The van der Waals surface area contributed by atoms with E-state index < -0.39 is 23.7 Å². The standard InChI is InChI=1S/C35H30ClFN2O4/c1-35(2,3)26-10-13-27(14-11-26)43-28-12-8-24-18-32(38-20-25(24)16-28)34(42)39-31(19-33(40)41)22-6-4-21(5-7-22)23-9-15-30(37)29(36)17-23/h4-18,20,31H,19H2,1-3H3,(H,39,42)(H,40,41). The van der Waals surface area contributed by atoms with Gasteiger partial charge in [-0.05, 0) is 75.5 Å². The molecule has 0 spiro atoms. The highest BCUT2D eigenvalue weighted by atomic mass is 35.5. The Morgan fingerprint density at radius 1 is 0.884 bits per heavy atom. The van der Waals surface area contributed by atoms with Crippen LogP contribution in [0.15, 0.2) is 97.2 Å². The van der Waals surface area contributed by atoms with Gasteiger partial charge < -0.3 is 15.2 Å². The van der Waals surface area contributed by atoms with Crippen LogP contribution < -0.4 is 10.1 Å². The van der Waals surface area contributed by atoms with E-state index in [0.29, 0.717) is 16.9 Å². The summed E-state index contributed by atoms with van der Waals surface area (Å²) in [5.74, 6) is -0.712. The molecule has 1 heterocycles. The molecule has 5 aromatic rings. The lowest BCUT2D eigenvalue weighted by atomic mass is 9.87. The molecule has 1 aromatic heterocycles. The predicted molar refractivity (Wildman–Crippen MR) is 166 cm³/mol. The Kier molecular flexibility index (Phi) is 8.46. The molecule has 0 aliphatic heterocycles. The number of rotatable bonds is 8. The predicted octanol–water partition coefficient (Wildman–Crippen LogP) is 8.73. The first-order valence-electron chi connectivity index (χ1n) is 13.7. The second kappa shape index (κ2) is 12.2. The molecule has 0 bridgehead atoms. The minimum Gasteiger partial charge on any atom is -0.481 e. The largest absolute Gasteiger partial charge is 0.481 e. The number of nitrogens with one attached hydrogen (secondary N) is 1. The van der Waals surface area contributed by atoms with Crippen molar-refractivity contribution in [1.29, 1.82) is 0 Å². The number of hydrogen-bond donors (Lipinski definition) is 2. The molecule has 0 saturated carbocycles. The first-order valence-corrected chi connectivity index (χ1v) is 14.1. The van der Waals surface area contributed by atoms with E-state index in [1.54, 1.807) is 42.6 Å². The van der Waals surface area contributed by atoms with Gasteiger partial charge in [0.2, 0.25) is 0 Å². The molecule has 0 saturated heterocycles. The average Bonchev–Trinajstić information content (AvgIpc) is 2.97. The van der Waals surface area contributed by atoms with Gasteiger partial charge >= 0.3 is 5.97 Å². The molecule has 43 heavy (non-hydrogen) atoms. The van der Waals surface area contributed by atoms with Crippen LogP contribution in [-0.4, -0.2) is 22.0 Å². The third-order valence-corrected chi connectivity index (χ3v) is 7.42. The van der Waals surface area contributed by atoms with Gasteiger partial charge in [-0.15, -0.1) is 0 Å². The van der Waals surface area contributed by atoms with Gasteiger partial charge in [-0.25, -0.2) is 4.39 Å². The van der Waals surface area contributed by atoms with E-state index in [-0.39, 0.29) is 22.6 Å². The van der Waals surface area contributed by atoms with Crippen molar-refractivity contribution in [3.8, 4) is 22.6 Å². The smallest absolute Gasteiger partial charge is 0.305 e. The van der Waals surface area contributed by atoms with Crippen LogP contribution in [0.1, 0.15) is 54.8 Å². The average molecular weight is 597 g/mol. The van der Waals surface area contributed by atoms with Gasteiger partial charge in [0.25, 0.3) is 5.91 Å². The molecule has 0 fully saturated rings. The number of carboxylic acid groups (broad SMARTS) is 1. The van der Waals surface area contributed by atoms with Gasteiger partial charge in [-0.1, -0.05) is 80.9 Å². The Morgan fingerprint density at radius 3 is 2.21 bits per heavy atom. The summed E-state index contributed by atoms with van der Waals surface area (Å²) < 4.78 is 19.6. The topological polar surface area (TPSA) is 88.5 Å². The number of carboxylic acids is 1. The maximum absolute atomic E-state index is 13.6. The number of nitrogens with zero attached hydrogens (tertiary/aromatic N) is 1. The van der Waals surface area contributed by atoms with Crippen LogP contribution >= 0.6 is 11.6 Å². The van der Waals surface area contributed by atoms with E-state index in [0.717, 1.165) is 22.1 Å². The van der Waals surface area contributed by atoms with Crippen molar-refractivity contribution in [2.45, 2.75) is 38.6 Å². The fraction of sp³-hybridized carbons (Fsp3) is 0.171. The zero-order valence-electron chi connectivity index (χ0n) is 23.9. The third kappa shape index (κ3) is 7.19. The van der Waals surface area contributed by atoms with Gasteiger partial charge in [0, 0.05) is 11.6 Å². The lowest BCUT2D eigenvalue weighted by Gasteiger charge is -2.19. The van der Waals surface area contributed by atoms with E-state index in [1.807, 2.05) is 30.3 Å². The molecule has 1 atom stereocenters. The lowest BCUT2D eigenvalue weighted by molar-refractivity contribution is -0.137. The van der Waals surface area contributed by atoms with E-state index >= 15 is 0 Å². The number of carbonyl (C=O) groups excluding carboxylic acids is 1. The normalized spacial score (nSPS) is 12.1. The van der Waals surface area contributed by atoms with Crippen molar-refractivity contribution in [2.24, 2.45) is 0 Å². The second-order valence-electron chi connectivity index (χ2n) is 11.3. The molecule has 4 aromatic carbocycles. The minimum absolute atomic E-state index is 0.00938. The highest BCUT2D eigenvalue weighted by molar-refractivity contribution is 6.31. The summed E-state index contributed by atoms with van der Waals surface area (Å²) in [5, 5.41) is 13.9. The van der Waals surface area contributed by atoms with Crippen LogP contribution in [0.25, 0.3) is 21.9 Å². The molecule has 8 heteroatoms. The van der Waals surface area contributed by atoms with Crippen molar-refractivity contribution >= 4 is 34.2 Å². The van der Waals surface area contributed by atoms with Crippen LogP contribution in [0.3, 0.4) is 0 Å². The Labute approximate surface area is 254 Å². The van der Waals surface area contributed by atoms with E-state index in [9.17, 15) is 19.1 Å². The molecule has 0 radical (unpaired) electrons. The number of pyridine rings is 1. The maximum Gasteiger partial charge on any atom is 0.305 e. The van der Waals surface area contributed by atoms with E-state index in [1.165, 1.54) is 17.7 Å². The summed E-state index contributed by atoms with van der Waals surface area (Å²) in [4.78, 5) is 29.1. The Hall–Kier alpha value is -4.75. The van der Waals surface area contributed by atoms with Crippen LogP contribution in [0.5, 0.6) is 11.5 Å². The number of aromatic nitrogens is 1. The monoisotopic (exact) mass is 596 g/mol. The van der Waals surface area contributed by atoms with Crippen molar-refractivity contribution in [3.05, 3.63) is 125 Å². The number of benzene rings is 4. The second-order valence-corrected chi connectivity index (χ2v) is 11.7. The van der Waals surface area contributed by atoms with Crippen LogP contribution in [0, 0.1) is 5.82 Å². The number of aliphatic carboxylic acids is 1. The molecule has 5 rings (SSSR count). The summed E-state index contributed by atoms with van der Waals surface area (Å²) >= 11 is 5.91. The van der Waals surface area contributed by atoms with Gasteiger partial charge in [0.1, 0.15) is 23.0 Å². The molecular formula is C35H30ClFN2O4. The maximum atomic E-state index is 13.6. The van der Waals surface area contributed by atoms with Gasteiger partial charge in [-0.3, -0.25) is 14.6 Å². The third-order valence-electron chi connectivity index (χ3n) is 7.13.